The molecule has 0 aromatic heterocycles. The smallest absolute Gasteiger partial charge is 0.377 e. The van der Waals surface area contributed by atoms with Gasteiger partial charge in [-0.05, 0) is 36.4 Å². The summed E-state index contributed by atoms with van der Waals surface area (Å²) in [5, 5.41) is 10.9. The summed E-state index contributed by atoms with van der Waals surface area (Å²) < 4.78 is 14.9. The second-order valence-corrected chi connectivity index (χ2v) is 5.41. The summed E-state index contributed by atoms with van der Waals surface area (Å²) in [4.78, 5) is 23.6. The van der Waals surface area contributed by atoms with Crippen LogP contribution in [0.3, 0.4) is 0 Å². The number of anilines is 1. The molecule has 0 radical (unpaired) electrons. The second kappa shape index (κ2) is 9.14. The van der Waals surface area contributed by atoms with Gasteiger partial charge in [0.2, 0.25) is 5.76 Å². The molecule has 0 bridgehead atoms. The Morgan fingerprint density at radius 1 is 0.963 bits per heavy atom. The van der Waals surface area contributed by atoms with Crippen LogP contribution in [0.15, 0.2) is 76.8 Å². The minimum absolute atomic E-state index is 0.0535. The van der Waals surface area contributed by atoms with Crippen LogP contribution >= 0.6 is 0 Å². The summed E-state index contributed by atoms with van der Waals surface area (Å²) in [6.45, 7) is 0.203. The normalized spacial score (nSPS) is 13.3. The van der Waals surface area contributed by atoms with E-state index in [2.05, 4.69) is 15.5 Å². The fraction of sp³-hybridized carbons (Fsp3) is 0.158. The maximum Gasteiger partial charge on any atom is 0.377 e. The molecule has 1 aliphatic heterocycles. The third-order valence-corrected chi connectivity index (χ3v) is 3.37. The third-order valence-electron chi connectivity index (χ3n) is 3.37. The molecular formula is C19H17N3O5. The van der Waals surface area contributed by atoms with E-state index >= 15 is 0 Å². The number of benzene rings is 2. The Labute approximate surface area is 155 Å². The van der Waals surface area contributed by atoms with Gasteiger partial charge in [-0.2, -0.15) is 10.2 Å². The van der Waals surface area contributed by atoms with Crippen LogP contribution in [0.25, 0.3) is 0 Å². The van der Waals surface area contributed by atoms with Gasteiger partial charge in [0.1, 0.15) is 19.5 Å². The minimum atomic E-state index is -0.749. The molecule has 3 rings (SSSR count). The van der Waals surface area contributed by atoms with Crippen molar-refractivity contribution in [2.24, 2.45) is 10.2 Å². The molecule has 0 saturated carbocycles. The average Bonchev–Trinajstić information content (AvgIpc) is 2.73. The molecule has 8 heteroatoms. The molecule has 1 N–H and O–H groups in total. The van der Waals surface area contributed by atoms with Gasteiger partial charge in [0, 0.05) is 5.69 Å². The topological polar surface area (TPSA) is 98.6 Å². The molecule has 1 aliphatic rings. The van der Waals surface area contributed by atoms with Gasteiger partial charge in [0.05, 0.1) is 11.4 Å². The van der Waals surface area contributed by atoms with E-state index in [4.69, 9.17) is 14.2 Å². The largest absolute Gasteiger partial charge is 0.493 e. The van der Waals surface area contributed by atoms with Gasteiger partial charge in [0.25, 0.3) is 5.91 Å². The summed E-state index contributed by atoms with van der Waals surface area (Å²) in [6.07, 6.45) is 1.17. The number of hydrogen-bond acceptors (Lipinski definition) is 7. The molecule has 0 atom stereocenters. The molecule has 0 unspecified atom stereocenters. The van der Waals surface area contributed by atoms with Crippen molar-refractivity contribution in [3.63, 3.8) is 0 Å². The molecule has 2 aromatic rings. The number of hydrogen-bond donors (Lipinski definition) is 1. The van der Waals surface area contributed by atoms with Crippen molar-refractivity contribution in [3.8, 4) is 0 Å². The number of nitrogens with one attached hydrogen (secondary N) is 1. The van der Waals surface area contributed by atoms with E-state index in [1.54, 1.807) is 24.3 Å². The van der Waals surface area contributed by atoms with E-state index in [1.807, 2.05) is 30.3 Å². The van der Waals surface area contributed by atoms with E-state index in [1.165, 1.54) is 6.26 Å². The van der Waals surface area contributed by atoms with Crippen LogP contribution in [0.1, 0.15) is 0 Å². The van der Waals surface area contributed by atoms with Gasteiger partial charge >= 0.3 is 5.97 Å². The molecule has 1 amide bonds. The van der Waals surface area contributed by atoms with Crippen molar-refractivity contribution in [3.05, 3.63) is 66.6 Å². The Morgan fingerprint density at radius 2 is 1.67 bits per heavy atom. The van der Waals surface area contributed by atoms with E-state index in [9.17, 15) is 9.59 Å². The molecule has 8 nitrogen and oxygen atoms in total. The highest BCUT2D eigenvalue weighted by Crippen LogP contribution is 2.20. The van der Waals surface area contributed by atoms with Crippen LogP contribution in [0, 0.1) is 0 Å². The summed E-state index contributed by atoms with van der Waals surface area (Å²) in [5.41, 5.74) is 1.94. The number of esters is 1. The fourth-order valence-electron chi connectivity index (χ4n) is 2.10. The summed E-state index contributed by atoms with van der Waals surface area (Å²) in [6, 6.07) is 16.1. The molecule has 2 aromatic carbocycles. The van der Waals surface area contributed by atoms with Crippen molar-refractivity contribution in [2.45, 2.75) is 0 Å². The average molecular weight is 367 g/mol. The highest BCUT2D eigenvalue weighted by atomic mass is 16.6. The zero-order valence-electron chi connectivity index (χ0n) is 14.3. The second-order valence-electron chi connectivity index (χ2n) is 5.41. The summed E-state index contributed by atoms with van der Waals surface area (Å²) >= 11 is 0. The number of ether oxygens (including phenoxy) is 3. The van der Waals surface area contributed by atoms with Crippen LogP contribution in [-0.2, 0) is 23.8 Å². The first kappa shape index (κ1) is 18.1. The highest BCUT2D eigenvalue weighted by Gasteiger charge is 2.17. The van der Waals surface area contributed by atoms with Gasteiger partial charge in [-0.15, -0.1) is 0 Å². The molecule has 27 heavy (non-hydrogen) atoms. The Bertz CT molecular complexity index is 847. The SMILES string of the molecule is O=C(COC(=O)C1=COCCO1)Nc1ccc(N=Nc2ccccc2)cc1. The first-order chi connectivity index (χ1) is 13.2. The number of carbonyl (C=O) groups is 2. The summed E-state index contributed by atoms with van der Waals surface area (Å²) in [5.74, 6) is -1.27. The molecular weight excluding hydrogens is 350 g/mol. The number of carbonyl (C=O) groups excluding carboxylic acids is 2. The van der Waals surface area contributed by atoms with Gasteiger partial charge in [-0.1, -0.05) is 18.2 Å². The lowest BCUT2D eigenvalue weighted by Crippen LogP contribution is -2.23. The standard InChI is InChI=1S/C19H17N3O5/c23-18(13-27-19(24)17-12-25-10-11-26-17)20-14-6-8-16(9-7-14)22-21-15-4-2-1-3-5-15/h1-9,12H,10-11,13H2,(H,20,23). The van der Waals surface area contributed by atoms with Crippen molar-refractivity contribution in [1.82, 2.24) is 0 Å². The molecule has 1 heterocycles. The third kappa shape index (κ3) is 5.67. The van der Waals surface area contributed by atoms with Crippen LogP contribution in [0.5, 0.6) is 0 Å². The number of nitrogens with zero attached hydrogens (tertiary/aromatic N) is 2. The van der Waals surface area contributed by atoms with Crippen molar-refractivity contribution in [2.75, 3.05) is 25.1 Å². The number of azo groups is 1. The van der Waals surface area contributed by atoms with Crippen LogP contribution in [-0.4, -0.2) is 31.7 Å². The van der Waals surface area contributed by atoms with E-state index < -0.39 is 18.5 Å². The highest BCUT2D eigenvalue weighted by molar-refractivity contribution is 5.94. The lowest BCUT2D eigenvalue weighted by molar-refractivity contribution is -0.148. The Balaban J connectivity index is 1.47. The summed E-state index contributed by atoms with van der Waals surface area (Å²) in [7, 11) is 0. The maximum atomic E-state index is 11.9. The van der Waals surface area contributed by atoms with Crippen LogP contribution in [0.2, 0.25) is 0 Å². The lowest BCUT2D eigenvalue weighted by atomic mass is 10.3. The molecule has 0 saturated heterocycles. The zero-order valence-corrected chi connectivity index (χ0v) is 14.3. The molecule has 0 fully saturated rings. The Hall–Kier alpha value is -3.68. The predicted octanol–water partition coefficient (Wildman–Crippen LogP) is 3.47. The maximum absolute atomic E-state index is 11.9. The molecule has 138 valence electrons. The lowest BCUT2D eigenvalue weighted by Gasteiger charge is -2.14. The Morgan fingerprint density at radius 3 is 2.33 bits per heavy atom. The van der Waals surface area contributed by atoms with Gasteiger partial charge in [-0.25, -0.2) is 4.79 Å². The van der Waals surface area contributed by atoms with E-state index in [0.717, 1.165) is 5.69 Å². The fourth-order valence-corrected chi connectivity index (χ4v) is 2.10. The van der Waals surface area contributed by atoms with Gasteiger partial charge in [0.15, 0.2) is 6.61 Å². The van der Waals surface area contributed by atoms with Gasteiger partial charge < -0.3 is 19.5 Å². The van der Waals surface area contributed by atoms with Crippen molar-refractivity contribution < 1.29 is 23.8 Å². The first-order valence-corrected chi connectivity index (χ1v) is 8.19. The van der Waals surface area contributed by atoms with Crippen LogP contribution < -0.4 is 5.32 Å². The molecule has 0 spiro atoms. The number of amides is 1. The monoisotopic (exact) mass is 367 g/mol. The Kier molecular flexibility index (Phi) is 6.13. The van der Waals surface area contributed by atoms with E-state index in [0.29, 0.717) is 18.0 Å². The quantitative estimate of drug-likeness (QED) is 0.623. The van der Waals surface area contributed by atoms with Crippen molar-refractivity contribution >= 4 is 28.9 Å². The molecule has 0 aliphatic carbocycles. The zero-order chi connectivity index (χ0) is 18.9. The van der Waals surface area contributed by atoms with Crippen molar-refractivity contribution in [1.29, 1.82) is 0 Å². The van der Waals surface area contributed by atoms with Crippen LogP contribution in [0.4, 0.5) is 17.1 Å². The van der Waals surface area contributed by atoms with E-state index in [-0.39, 0.29) is 12.4 Å². The minimum Gasteiger partial charge on any atom is -0.493 e. The van der Waals surface area contributed by atoms with Gasteiger partial charge in [-0.3, -0.25) is 4.79 Å². The number of rotatable bonds is 6. The first-order valence-electron chi connectivity index (χ1n) is 8.19. The predicted molar refractivity (Wildman–Crippen MR) is 96.6 cm³/mol.